The Labute approximate surface area is 124 Å². The molecule has 0 saturated carbocycles. The zero-order chi connectivity index (χ0) is 14.4. The molecule has 0 unspecified atom stereocenters. The van der Waals surface area contributed by atoms with Crippen LogP contribution in [-0.2, 0) is 0 Å². The Kier molecular flexibility index (Phi) is 5.13. The van der Waals surface area contributed by atoms with Crippen molar-refractivity contribution in [1.82, 2.24) is 0 Å². The SMILES string of the molecule is COc1ccc(OCCOc2ccc(Cl)c(C)c2)cc1. The monoisotopic (exact) mass is 292 g/mol. The highest BCUT2D eigenvalue weighted by Gasteiger charge is 1.99. The molecule has 0 bridgehead atoms. The fourth-order valence-electron chi connectivity index (χ4n) is 1.70. The highest BCUT2D eigenvalue weighted by molar-refractivity contribution is 6.31. The first-order chi connectivity index (χ1) is 9.69. The van der Waals surface area contributed by atoms with Gasteiger partial charge in [-0.2, -0.15) is 0 Å². The molecular formula is C16H17ClO3. The Morgan fingerprint density at radius 1 is 0.850 bits per heavy atom. The molecule has 0 aliphatic rings. The van der Waals surface area contributed by atoms with Crippen LogP contribution in [0.1, 0.15) is 5.56 Å². The van der Waals surface area contributed by atoms with Gasteiger partial charge in [0.05, 0.1) is 7.11 Å². The second-order valence-electron chi connectivity index (χ2n) is 4.28. The second-order valence-corrected chi connectivity index (χ2v) is 4.69. The molecule has 0 aromatic heterocycles. The number of hydrogen-bond acceptors (Lipinski definition) is 3. The molecule has 2 aromatic carbocycles. The summed E-state index contributed by atoms with van der Waals surface area (Å²) in [5.41, 5.74) is 1.00. The largest absolute Gasteiger partial charge is 0.497 e. The van der Waals surface area contributed by atoms with Crippen molar-refractivity contribution in [3.63, 3.8) is 0 Å². The number of methoxy groups -OCH3 is 1. The summed E-state index contributed by atoms with van der Waals surface area (Å²) in [6.07, 6.45) is 0. The van der Waals surface area contributed by atoms with E-state index in [-0.39, 0.29) is 0 Å². The van der Waals surface area contributed by atoms with Gasteiger partial charge in [0.1, 0.15) is 30.5 Å². The first kappa shape index (κ1) is 14.5. The Balaban J connectivity index is 1.76. The molecule has 2 rings (SSSR count). The van der Waals surface area contributed by atoms with E-state index in [4.69, 9.17) is 25.8 Å². The van der Waals surface area contributed by atoms with Crippen LogP contribution >= 0.6 is 11.6 Å². The maximum absolute atomic E-state index is 5.96. The maximum atomic E-state index is 5.96. The lowest BCUT2D eigenvalue weighted by atomic mass is 10.2. The van der Waals surface area contributed by atoms with E-state index in [1.165, 1.54) is 0 Å². The van der Waals surface area contributed by atoms with Crippen molar-refractivity contribution in [2.75, 3.05) is 20.3 Å². The van der Waals surface area contributed by atoms with Gasteiger partial charge < -0.3 is 14.2 Å². The van der Waals surface area contributed by atoms with Gasteiger partial charge in [-0.3, -0.25) is 0 Å². The van der Waals surface area contributed by atoms with E-state index in [0.29, 0.717) is 13.2 Å². The quantitative estimate of drug-likeness (QED) is 0.750. The van der Waals surface area contributed by atoms with Crippen LogP contribution in [0.4, 0.5) is 0 Å². The second kappa shape index (κ2) is 7.06. The molecule has 4 heteroatoms. The molecule has 3 nitrogen and oxygen atoms in total. The van der Waals surface area contributed by atoms with Gasteiger partial charge in [0.15, 0.2) is 0 Å². The fourth-order valence-corrected chi connectivity index (χ4v) is 1.82. The molecule has 106 valence electrons. The maximum Gasteiger partial charge on any atom is 0.122 e. The Bertz CT molecular complexity index is 552. The van der Waals surface area contributed by atoms with Crippen LogP contribution in [0, 0.1) is 6.92 Å². The van der Waals surface area contributed by atoms with Crippen molar-refractivity contribution in [1.29, 1.82) is 0 Å². The van der Waals surface area contributed by atoms with E-state index in [9.17, 15) is 0 Å². The lowest BCUT2D eigenvalue weighted by Crippen LogP contribution is -2.09. The summed E-state index contributed by atoms with van der Waals surface area (Å²) in [4.78, 5) is 0. The predicted molar refractivity (Wildman–Crippen MR) is 80.2 cm³/mol. The summed E-state index contributed by atoms with van der Waals surface area (Å²) < 4.78 is 16.3. The molecule has 0 N–H and O–H groups in total. The number of benzene rings is 2. The number of halogens is 1. The van der Waals surface area contributed by atoms with E-state index < -0.39 is 0 Å². The third-order valence-electron chi connectivity index (χ3n) is 2.81. The molecule has 0 aliphatic heterocycles. The van der Waals surface area contributed by atoms with Crippen LogP contribution in [0.3, 0.4) is 0 Å². The topological polar surface area (TPSA) is 27.7 Å². The zero-order valence-electron chi connectivity index (χ0n) is 11.6. The van der Waals surface area contributed by atoms with Crippen LogP contribution < -0.4 is 14.2 Å². The average molecular weight is 293 g/mol. The summed E-state index contributed by atoms with van der Waals surface area (Å²) in [5, 5.41) is 0.742. The average Bonchev–Trinajstić information content (AvgIpc) is 2.48. The van der Waals surface area contributed by atoms with Crippen molar-refractivity contribution in [3.8, 4) is 17.2 Å². The highest BCUT2D eigenvalue weighted by Crippen LogP contribution is 2.21. The van der Waals surface area contributed by atoms with Gasteiger partial charge in [0.25, 0.3) is 0 Å². The van der Waals surface area contributed by atoms with E-state index in [1.54, 1.807) is 7.11 Å². The third kappa shape index (κ3) is 4.07. The smallest absolute Gasteiger partial charge is 0.122 e. The molecule has 2 aromatic rings. The van der Waals surface area contributed by atoms with Gasteiger partial charge in [0, 0.05) is 5.02 Å². The van der Waals surface area contributed by atoms with Crippen molar-refractivity contribution in [3.05, 3.63) is 53.1 Å². The molecule has 20 heavy (non-hydrogen) atoms. The lowest BCUT2D eigenvalue weighted by molar-refractivity contribution is 0.217. The van der Waals surface area contributed by atoms with Gasteiger partial charge in [-0.1, -0.05) is 11.6 Å². The Morgan fingerprint density at radius 3 is 2.00 bits per heavy atom. The van der Waals surface area contributed by atoms with Crippen LogP contribution in [0.2, 0.25) is 5.02 Å². The minimum absolute atomic E-state index is 0.479. The first-order valence-electron chi connectivity index (χ1n) is 6.35. The summed E-state index contributed by atoms with van der Waals surface area (Å²) in [6, 6.07) is 13.0. The van der Waals surface area contributed by atoms with Crippen LogP contribution in [0.15, 0.2) is 42.5 Å². The Morgan fingerprint density at radius 2 is 1.40 bits per heavy atom. The number of rotatable bonds is 6. The molecule has 0 spiro atoms. The van der Waals surface area contributed by atoms with E-state index >= 15 is 0 Å². The minimum Gasteiger partial charge on any atom is -0.497 e. The van der Waals surface area contributed by atoms with Gasteiger partial charge in [-0.05, 0) is 55.0 Å². The molecule has 0 amide bonds. The van der Waals surface area contributed by atoms with E-state index in [2.05, 4.69) is 0 Å². The highest BCUT2D eigenvalue weighted by atomic mass is 35.5. The van der Waals surface area contributed by atoms with Crippen LogP contribution in [0.25, 0.3) is 0 Å². The standard InChI is InChI=1S/C16H17ClO3/c1-12-11-15(7-8-16(12)17)20-10-9-19-14-5-3-13(18-2)4-6-14/h3-8,11H,9-10H2,1-2H3. The minimum atomic E-state index is 0.479. The Hall–Kier alpha value is -1.87. The van der Waals surface area contributed by atoms with Gasteiger partial charge >= 0.3 is 0 Å². The fraction of sp³-hybridized carbons (Fsp3) is 0.250. The normalized spacial score (nSPS) is 10.2. The van der Waals surface area contributed by atoms with Gasteiger partial charge in [-0.15, -0.1) is 0 Å². The summed E-state index contributed by atoms with van der Waals surface area (Å²) in [6.45, 7) is 2.91. The molecule has 0 aliphatic carbocycles. The lowest BCUT2D eigenvalue weighted by Gasteiger charge is -2.09. The van der Waals surface area contributed by atoms with Crippen molar-refractivity contribution < 1.29 is 14.2 Å². The molecule has 0 radical (unpaired) electrons. The zero-order valence-corrected chi connectivity index (χ0v) is 12.3. The number of hydrogen-bond donors (Lipinski definition) is 0. The first-order valence-corrected chi connectivity index (χ1v) is 6.72. The molecule has 0 saturated heterocycles. The van der Waals surface area contributed by atoms with Crippen LogP contribution in [0.5, 0.6) is 17.2 Å². The van der Waals surface area contributed by atoms with E-state index in [0.717, 1.165) is 27.8 Å². The van der Waals surface area contributed by atoms with Crippen LogP contribution in [-0.4, -0.2) is 20.3 Å². The number of aryl methyl sites for hydroxylation is 1. The van der Waals surface area contributed by atoms with Crippen molar-refractivity contribution in [2.45, 2.75) is 6.92 Å². The molecular weight excluding hydrogens is 276 g/mol. The van der Waals surface area contributed by atoms with Gasteiger partial charge in [0.2, 0.25) is 0 Å². The summed E-state index contributed by atoms with van der Waals surface area (Å²) in [7, 11) is 1.64. The molecule has 0 atom stereocenters. The van der Waals surface area contributed by atoms with Crippen molar-refractivity contribution >= 4 is 11.6 Å². The number of ether oxygens (including phenoxy) is 3. The van der Waals surface area contributed by atoms with Gasteiger partial charge in [-0.25, -0.2) is 0 Å². The van der Waals surface area contributed by atoms with E-state index in [1.807, 2.05) is 49.4 Å². The third-order valence-corrected chi connectivity index (χ3v) is 3.23. The summed E-state index contributed by atoms with van der Waals surface area (Å²) >= 11 is 5.96. The summed E-state index contributed by atoms with van der Waals surface area (Å²) in [5.74, 6) is 2.40. The molecule has 0 heterocycles. The predicted octanol–water partition coefficient (Wildman–Crippen LogP) is 4.11. The molecule has 0 fully saturated rings. The van der Waals surface area contributed by atoms with Crippen molar-refractivity contribution in [2.24, 2.45) is 0 Å².